The van der Waals surface area contributed by atoms with E-state index in [1.165, 1.54) is 5.56 Å². The van der Waals surface area contributed by atoms with Crippen LogP contribution < -0.4 is 10.7 Å². The number of carbonyl (C=O) groups excluding carboxylic acids is 2. The van der Waals surface area contributed by atoms with Gasteiger partial charge in [0.15, 0.2) is 0 Å². The van der Waals surface area contributed by atoms with Crippen molar-refractivity contribution in [1.29, 1.82) is 0 Å². The number of fused-ring (bicyclic) bond motifs is 1. The lowest BCUT2D eigenvalue weighted by Crippen LogP contribution is -2.42. The predicted octanol–water partition coefficient (Wildman–Crippen LogP) is 3.35. The molecule has 3 heterocycles. The van der Waals surface area contributed by atoms with E-state index in [0.29, 0.717) is 25.6 Å². The van der Waals surface area contributed by atoms with Crippen LogP contribution in [0.3, 0.4) is 0 Å². The molecule has 0 spiro atoms. The molecule has 0 saturated carbocycles. The van der Waals surface area contributed by atoms with Gasteiger partial charge in [0, 0.05) is 38.1 Å². The zero-order chi connectivity index (χ0) is 23.5. The lowest BCUT2D eigenvalue weighted by Gasteiger charge is -2.30. The van der Waals surface area contributed by atoms with Gasteiger partial charge in [-0.25, -0.2) is 0 Å². The second-order valence-electron chi connectivity index (χ2n) is 9.45. The number of rotatable bonds is 5. The van der Waals surface area contributed by atoms with Gasteiger partial charge < -0.3 is 19.5 Å². The van der Waals surface area contributed by atoms with Gasteiger partial charge in [-0.3, -0.25) is 14.4 Å². The van der Waals surface area contributed by atoms with Crippen LogP contribution in [0, 0.1) is 5.92 Å². The fourth-order valence-electron chi connectivity index (χ4n) is 4.52. The molecule has 1 aromatic carbocycles. The lowest BCUT2D eigenvalue weighted by molar-refractivity contribution is 0.0411. The molecule has 1 N–H and O–H groups in total. The molecule has 33 heavy (non-hydrogen) atoms. The molecule has 1 atom stereocenters. The summed E-state index contributed by atoms with van der Waals surface area (Å²) < 4.78 is 7.64. The Hall–Kier alpha value is -2.93. The molecule has 0 radical (unpaired) electrons. The maximum Gasteiger partial charge on any atom is 0.259 e. The molecule has 1 fully saturated rings. The van der Waals surface area contributed by atoms with Gasteiger partial charge in [-0.05, 0) is 50.2 Å². The molecule has 1 saturated heterocycles. The highest BCUT2D eigenvalue weighted by Gasteiger charge is 2.27. The van der Waals surface area contributed by atoms with Crippen molar-refractivity contribution in [3.63, 3.8) is 0 Å². The number of piperidine rings is 1. The van der Waals surface area contributed by atoms with E-state index in [1.807, 2.05) is 32.0 Å². The van der Waals surface area contributed by atoms with Gasteiger partial charge in [0.1, 0.15) is 17.2 Å². The molecule has 1 aromatic heterocycles. The number of aromatic nitrogens is 1. The molecule has 4 rings (SSSR count). The van der Waals surface area contributed by atoms with E-state index in [1.54, 1.807) is 21.9 Å². The van der Waals surface area contributed by atoms with Crippen molar-refractivity contribution in [2.75, 3.05) is 26.2 Å². The third-order valence-corrected chi connectivity index (χ3v) is 6.73. The van der Waals surface area contributed by atoms with Crippen LogP contribution in [0.5, 0.6) is 0 Å². The van der Waals surface area contributed by atoms with Crippen LogP contribution in [-0.2, 0) is 11.2 Å². The van der Waals surface area contributed by atoms with E-state index < -0.39 is 11.3 Å². The minimum absolute atomic E-state index is 0.00127. The second kappa shape index (κ2) is 9.91. The Balaban J connectivity index is 1.56. The summed E-state index contributed by atoms with van der Waals surface area (Å²) in [5.74, 6) is -0.200. The average molecular weight is 452 g/mol. The minimum Gasteiger partial charge on any atom is -0.371 e. The number of likely N-dealkylation sites (tertiary alicyclic amines) is 1. The first-order chi connectivity index (χ1) is 15.8. The topological polar surface area (TPSA) is 80.6 Å². The fourth-order valence-corrected chi connectivity index (χ4v) is 4.52. The normalized spacial score (nSPS) is 18.8. The van der Waals surface area contributed by atoms with Gasteiger partial charge >= 0.3 is 0 Å². The maximum atomic E-state index is 13.2. The number of nitrogens with zero attached hydrogens (tertiary/aromatic N) is 2. The van der Waals surface area contributed by atoms with Crippen LogP contribution >= 0.6 is 0 Å². The summed E-state index contributed by atoms with van der Waals surface area (Å²) in [5.41, 5.74) is 1.81. The Labute approximate surface area is 194 Å². The quantitative estimate of drug-likeness (QED) is 0.756. The molecule has 0 aliphatic carbocycles. The van der Waals surface area contributed by atoms with Gasteiger partial charge in [0.25, 0.3) is 11.8 Å². The summed E-state index contributed by atoms with van der Waals surface area (Å²) in [6.45, 7) is 8.21. The molecule has 7 heteroatoms. The van der Waals surface area contributed by atoms with E-state index in [2.05, 4.69) is 18.3 Å². The molecular weight excluding hydrogens is 418 g/mol. The fraction of sp³-hybridized carbons (Fsp3) is 0.500. The van der Waals surface area contributed by atoms with Crippen molar-refractivity contribution in [2.45, 2.75) is 52.2 Å². The first-order valence-corrected chi connectivity index (χ1v) is 11.9. The SMILES string of the molecule is CC1CCN(C(=O)c2cn(C(C)C)cc(C(=O)NCC3OCCc4ccccc43)c2=O)CC1. The van der Waals surface area contributed by atoms with E-state index in [9.17, 15) is 14.4 Å². The lowest BCUT2D eigenvalue weighted by atomic mass is 9.97. The number of hydrogen-bond acceptors (Lipinski definition) is 4. The average Bonchev–Trinajstić information content (AvgIpc) is 2.82. The summed E-state index contributed by atoms with van der Waals surface area (Å²) in [5, 5.41) is 2.87. The molecule has 2 aliphatic rings. The highest BCUT2D eigenvalue weighted by Crippen LogP contribution is 2.26. The first kappa shape index (κ1) is 23.2. The Bertz CT molecular complexity index is 1080. The summed E-state index contributed by atoms with van der Waals surface area (Å²) in [7, 11) is 0. The van der Waals surface area contributed by atoms with Crippen molar-refractivity contribution in [3.05, 3.63) is 69.1 Å². The molecule has 0 bridgehead atoms. The number of ether oxygens (including phenoxy) is 1. The zero-order valence-electron chi connectivity index (χ0n) is 19.7. The van der Waals surface area contributed by atoms with Crippen molar-refractivity contribution < 1.29 is 14.3 Å². The molecule has 2 amide bonds. The van der Waals surface area contributed by atoms with Crippen LogP contribution in [0.2, 0.25) is 0 Å². The molecule has 2 aromatic rings. The highest BCUT2D eigenvalue weighted by atomic mass is 16.5. The Morgan fingerprint density at radius 2 is 1.82 bits per heavy atom. The third-order valence-electron chi connectivity index (χ3n) is 6.73. The van der Waals surface area contributed by atoms with Gasteiger partial charge in [-0.1, -0.05) is 31.2 Å². The number of pyridine rings is 1. The number of amides is 2. The van der Waals surface area contributed by atoms with Gasteiger partial charge in [-0.2, -0.15) is 0 Å². The van der Waals surface area contributed by atoms with Crippen molar-refractivity contribution in [2.24, 2.45) is 5.92 Å². The van der Waals surface area contributed by atoms with Gasteiger partial charge in [-0.15, -0.1) is 0 Å². The van der Waals surface area contributed by atoms with E-state index in [-0.39, 0.29) is 35.7 Å². The Morgan fingerprint density at radius 1 is 1.12 bits per heavy atom. The second-order valence-corrected chi connectivity index (χ2v) is 9.45. The molecule has 1 unspecified atom stereocenters. The summed E-state index contributed by atoms with van der Waals surface area (Å²) in [4.78, 5) is 41.2. The smallest absolute Gasteiger partial charge is 0.259 e. The van der Waals surface area contributed by atoms with Crippen LogP contribution in [0.25, 0.3) is 0 Å². The molecular formula is C26H33N3O4. The van der Waals surface area contributed by atoms with Crippen LogP contribution in [-0.4, -0.2) is 47.5 Å². The van der Waals surface area contributed by atoms with E-state index in [4.69, 9.17) is 4.74 Å². The first-order valence-electron chi connectivity index (χ1n) is 11.9. The van der Waals surface area contributed by atoms with Gasteiger partial charge in [0.05, 0.1) is 6.61 Å². The van der Waals surface area contributed by atoms with E-state index >= 15 is 0 Å². The summed E-state index contributed by atoms with van der Waals surface area (Å²) >= 11 is 0. The predicted molar refractivity (Wildman–Crippen MR) is 127 cm³/mol. The Kier molecular flexibility index (Phi) is 6.98. The number of carbonyl (C=O) groups is 2. The van der Waals surface area contributed by atoms with Crippen LogP contribution in [0.4, 0.5) is 0 Å². The largest absolute Gasteiger partial charge is 0.371 e. The minimum atomic E-state index is -0.516. The van der Waals surface area contributed by atoms with Crippen LogP contribution in [0.1, 0.15) is 77.6 Å². The van der Waals surface area contributed by atoms with Crippen LogP contribution in [0.15, 0.2) is 41.5 Å². The van der Waals surface area contributed by atoms with Crippen molar-refractivity contribution >= 4 is 11.8 Å². The molecule has 7 nitrogen and oxygen atoms in total. The zero-order valence-corrected chi connectivity index (χ0v) is 19.7. The maximum absolute atomic E-state index is 13.2. The summed E-state index contributed by atoms with van der Waals surface area (Å²) in [6, 6.07) is 8.04. The number of nitrogens with one attached hydrogen (secondary N) is 1. The highest BCUT2D eigenvalue weighted by molar-refractivity contribution is 5.99. The number of hydrogen-bond donors (Lipinski definition) is 1. The molecule has 2 aliphatic heterocycles. The van der Waals surface area contributed by atoms with Crippen molar-refractivity contribution in [1.82, 2.24) is 14.8 Å². The number of benzene rings is 1. The Morgan fingerprint density at radius 3 is 2.55 bits per heavy atom. The van der Waals surface area contributed by atoms with Crippen molar-refractivity contribution in [3.8, 4) is 0 Å². The standard InChI is InChI=1S/C26H33N3O4/c1-17(2)29-15-21(24(30)22(16-29)26(32)28-11-8-18(3)9-12-28)25(31)27-14-23-20-7-5-4-6-19(20)10-13-33-23/h4-7,15-18,23H,8-14H2,1-3H3,(H,27,31). The molecule has 176 valence electrons. The van der Waals surface area contributed by atoms with Gasteiger partial charge in [0.2, 0.25) is 5.43 Å². The van der Waals surface area contributed by atoms with E-state index in [0.717, 1.165) is 24.8 Å². The third kappa shape index (κ3) is 5.03. The monoisotopic (exact) mass is 451 g/mol. The summed E-state index contributed by atoms with van der Waals surface area (Å²) in [6.07, 6.45) is 5.57.